The molecule has 0 fully saturated rings. The van der Waals surface area contributed by atoms with Gasteiger partial charge < -0.3 is 0 Å². The Bertz CT molecular complexity index is 215. The fraction of sp³-hybridized carbons (Fsp3) is 0.400. The number of hydrogen-bond donors (Lipinski definition) is 3. The van der Waals surface area contributed by atoms with Crippen LogP contribution in [0.5, 0.6) is 0 Å². The lowest BCUT2D eigenvalue weighted by atomic mass is 10.3. The molecule has 0 aliphatic heterocycles. The monoisotopic (exact) mass is 177 g/mol. The molecule has 6 heteroatoms. The van der Waals surface area contributed by atoms with Crippen molar-refractivity contribution in [3.63, 3.8) is 0 Å². The van der Waals surface area contributed by atoms with Crippen LogP contribution in [0.15, 0.2) is 6.20 Å². The van der Waals surface area contributed by atoms with Crippen molar-refractivity contribution in [2.24, 2.45) is 0 Å². The predicted octanol–water partition coefficient (Wildman–Crippen LogP) is 0.655. The summed E-state index contributed by atoms with van der Waals surface area (Å²) < 4.78 is 8.70. The van der Waals surface area contributed by atoms with E-state index in [-0.39, 0.29) is 0 Å². The van der Waals surface area contributed by atoms with Crippen molar-refractivity contribution in [1.82, 2.24) is 10.2 Å². The molecule has 62 valence electrons. The molecule has 0 aliphatic carbocycles. The van der Waals surface area contributed by atoms with Crippen molar-refractivity contribution in [3.05, 3.63) is 17.5 Å². The zero-order valence-corrected chi connectivity index (χ0v) is 7.17. The van der Waals surface area contributed by atoms with E-state index in [9.17, 15) is 0 Å². The van der Waals surface area contributed by atoms with E-state index in [4.69, 9.17) is 14.4 Å². The highest BCUT2D eigenvalue weighted by atomic mass is 31.1. The topological polar surface area (TPSA) is 86.2 Å². The van der Waals surface area contributed by atoms with Crippen molar-refractivity contribution in [3.8, 4) is 0 Å². The van der Waals surface area contributed by atoms with Gasteiger partial charge in [0.1, 0.15) is 0 Å². The summed E-state index contributed by atoms with van der Waals surface area (Å²) in [5, 5.41) is 6.61. The molecule has 1 heterocycles. The second-order valence-corrected chi connectivity index (χ2v) is 2.44. The molecule has 5 nitrogen and oxygen atoms in total. The fourth-order valence-electron chi connectivity index (χ4n) is 0.411. The highest BCUT2D eigenvalue weighted by molar-refractivity contribution is 7.30. The van der Waals surface area contributed by atoms with E-state index in [2.05, 4.69) is 10.2 Å². The van der Waals surface area contributed by atoms with Crippen LogP contribution >= 0.6 is 8.25 Å². The normalized spacial score (nSPS) is 8.36. The first-order valence-corrected chi connectivity index (χ1v) is 4.02. The maximum atomic E-state index is 8.70. The molecule has 0 amide bonds. The van der Waals surface area contributed by atoms with Gasteiger partial charge in [0.15, 0.2) is 0 Å². The van der Waals surface area contributed by atoms with Crippen LogP contribution in [-0.4, -0.2) is 20.0 Å². The van der Waals surface area contributed by atoms with Crippen molar-refractivity contribution in [1.29, 1.82) is 0 Å². The Kier molecular flexibility index (Phi) is 4.61. The fourth-order valence-corrected chi connectivity index (χ4v) is 0.411. The van der Waals surface area contributed by atoms with Crippen molar-refractivity contribution in [2.75, 3.05) is 0 Å². The van der Waals surface area contributed by atoms with Crippen LogP contribution in [-0.2, 0) is 4.57 Å². The number of nitrogens with one attached hydrogen (secondary N) is 1. The van der Waals surface area contributed by atoms with Gasteiger partial charge >= 0.3 is 8.25 Å². The van der Waals surface area contributed by atoms with Gasteiger partial charge in [0.25, 0.3) is 0 Å². The second kappa shape index (κ2) is 4.96. The average molecular weight is 177 g/mol. The molecule has 0 bridgehead atoms. The predicted molar refractivity (Wildman–Crippen MR) is 40.1 cm³/mol. The van der Waals surface area contributed by atoms with Gasteiger partial charge in [-0.3, -0.25) is 5.10 Å². The number of nitrogens with zero attached hydrogens (tertiary/aromatic N) is 1. The number of aryl methyl sites for hydroxylation is 2. The van der Waals surface area contributed by atoms with Gasteiger partial charge in [-0.2, -0.15) is 5.10 Å². The molecular weight excluding hydrogens is 167 g/mol. The molecule has 0 radical (unpaired) electrons. The van der Waals surface area contributed by atoms with E-state index >= 15 is 0 Å². The van der Waals surface area contributed by atoms with Crippen LogP contribution in [0.25, 0.3) is 0 Å². The molecule has 1 aromatic heterocycles. The summed E-state index contributed by atoms with van der Waals surface area (Å²) in [6, 6.07) is 0. The van der Waals surface area contributed by atoms with Crippen LogP contribution < -0.4 is 0 Å². The largest absolute Gasteiger partial charge is 0.692 e. The quantitative estimate of drug-likeness (QED) is 0.508. The summed E-state index contributed by atoms with van der Waals surface area (Å²) in [7, 11) is -2.87. The zero-order valence-electron chi connectivity index (χ0n) is 6.27. The maximum absolute atomic E-state index is 8.70. The number of rotatable bonds is 0. The highest BCUT2D eigenvalue weighted by Crippen LogP contribution is 1.98. The Balaban J connectivity index is 0.000000218. The molecule has 11 heavy (non-hydrogen) atoms. The summed E-state index contributed by atoms with van der Waals surface area (Å²) in [5.74, 6) is 0. The zero-order chi connectivity index (χ0) is 8.85. The Morgan fingerprint density at radius 3 is 2.09 bits per heavy atom. The van der Waals surface area contributed by atoms with E-state index in [1.54, 1.807) is 0 Å². The third-order valence-corrected chi connectivity index (χ3v) is 1.08. The minimum absolute atomic E-state index is 1.15. The number of aromatic amines is 1. The molecule has 1 rings (SSSR count). The Morgan fingerprint density at radius 2 is 2.00 bits per heavy atom. The van der Waals surface area contributed by atoms with E-state index in [0.29, 0.717) is 0 Å². The smallest absolute Gasteiger partial charge is 0.283 e. The Labute approximate surface area is 65.0 Å². The highest BCUT2D eigenvalue weighted by Gasteiger charge is 1.93. The second-order valence-electron chi connectivity index (χ2n) is 1.93. The molecule has 0 atom stereocenters. The molecule has 0 saturated heterocycles. The van der Waals surface area contributed by atoms with Gasteiger partial charge in [-0.15, -0.1) is 9.79 Å². The van der Waals surface area contributed by atoms with Crippen LogP contribution in [0.1, 0.15) is 11.3 Å². The lowest BCUT2D eigenvalue weighted by Gasteiger charge is -1.78. The van der Waals surface area contributed by atoms with Gasteiger partial charge in [-0.1, -0.05) is 0 Å². The van der Waals surface area contributed by atoms with Gasteiger partial charge in [-0.05, 0) is 19.4 Å². The summed E-state index contributed by atoms with van der Waals surface area (Å²) in [4.78, 5) is 14.2. The third-order valence-electron chi connectivity index (χ3n) is 1.08. The first-order valence-electron chi connectivity index (χ1n) is 2.85. The van der Waals surface area contributed by atoms with Crippen molar-refractivity contribution >= 4 is 8.25 Å². The van der Waals surface area contributed by atoms with Crippen LogP contribution in [0.2, 0.25) is 0 Å². The Morgan fingerprint density at radius 1 is 1.55 bits per heavy atom. The molecule has 0 unspecified atom stereocenters. The lowest BCUT2D eigenvalue weighted by Crippen LogP contribution is -1.70. The van der Waals surface area contributed by atoms with Crippen LogP contribution in [0.4, 0.5) is 0 Å². The minimum Gasteiger partial charge on any atom is -0.283 e. The van der Waals surface area contributed by atoms with E-state index in [1.165, 1.54) is 5.56 Å². The molecule has 3 N–H and O–H groups in total. The number of hydrogen-bond acceptors (Lipinski definition) is 2. The van der Waals surface area contributed by atoms with E-state index < -0.39 is 8.25 Å². The van der Waals surface area contributed by atoms with Gasteiger partial charge in [0.2, 0.25) is 0 Å². The minimum atomic E-state index is -2.87. The van der Waals surface area contributed by atoms with E-state index in [0.717, 1.165) is 5.69 Å². The number of aromatic nitrogens is 2. The SMILES string of the molecule is Cc1cn[nH]c1C.O=[P+](O)O. The molecule has 0 spiro atoms. The molecule has 0 aliphatic rings. The third kappa shape index (κ3) is 5.66. The van der Waals surface area contributed by atoms with Gasteiger partial charge in [0, 0.05) is 10.3 Å². The molecular formula is C5H10N2O3P+. The summed E-state index contributed by atoms with van der Waals surface area (Å²) in [6.07, 6.45) is 1.81. The van der Waals surface area contributed by atoms with Crippen molar-refractivity contribution in [2.45, 2.75) is 13.8 Å². The first-order chi connectivity index (χ1) is 5.04. The lowest BCUT2D eigenvalue weighted by molar-refractivity contribution is 0.405. The van der Waals surface area contributed by atoms with Crippen molar-refractivity contribution < 1.29 is 14.4 Å². The van der Waals surface area contributed by atoms with Crippen LogP contribution in [0.3, 0.4) is 0 Å². The average Bonchev–Trinajstić information content (AvgIpc) is 2.15. The summed E-state index contributed by atoms with van der Waals surface area (Å²) >= 11 is 0. The Hall–Kier alpha value is -0.770. The molecule has 0 aromatic carbocycles. The van der Waals surface area contributed by atoms with E-state index in [1.807, 2.05) is 20.0 Å². The first kappa shape index (κ1) is 10.2. The summed E-state index contributed by atoms with van der Waals surface area (Å²) in [6.45, 7) is 4.03. The molecule has 1 aromatic rings. The maximum Gasteiger partial charge on any atom is 0.692 e. The van der Waals surface area contributed by atoms with Gasteiger partial charge in [0.05, 0.1) is 6.20 Å². The number of H-pyrrole nitrogens is 1. The standard InChI is InChI=1S/C5H8N2.HO3P/c1-4-3-6-7-5(4)2;1-4(2)3/h3H,1-2H3,(H,6,7);(H-,1,2,3)/p+1. The van der Waals surface area contributed by atoms with Gasteiger partial charge in [-0.25, -0.2) is 0 Å². The molecule has 0 saturated carbocycles. The van der Waals surface area contributed by atoms with Crippen LogP contribution in [0, 0.1) is 13.8 Å². The summed E-state index contributed by atoms with van der Waals surface area (Å²) in [5.41, 5.74) is 2.38.